The summed E-state index contributed by atoms with van der Waals surface area (Å²) in [6.45, 7) is 4.93. The standard InChI is InChI=1S/C17H25N3O4/c1-10(2)14-7-15(24-19-14)17(23)18-12-5-13(6-12)20(9-16(21)22)8-11-3-4-11/h7,10-13H,3-6,8-9H2,1-2H3,(H,18,23)(H,21,22). The van der Waals surface area contributed by atoms with Gasteiger partial charge in [0.1, 0.15) is 0 Å². The van der Waals surface area contributed by atoms with Gasteiger partial charge in [-0.25, -0.2) is 0 Å². The highest BCUT2D eigenvalue weighted by atomic mass is 16.5. The maximum Gasteiger partial charge on any atom is 0.317 e. The Hall–Kier alpha value is -1.89. The summed E-state index contributed by atoms with van der Waals surface area (Å²) >= 11 is 0. The third kappa shape index (κ3) is 4.14. The van der Waals surface area contributed by atoms with E-state index in [4.69, 9.17) is 9.63 Å². The second-order valence-corrected chi connectivity index (χ2v) is 7.33. The molecule has 0 spiro atoms. The highest BCUT2D eigenvalue weighted by Crippen LogP contribution is 2.33. The first-order valence-electron chi connectivity index (χ1n) is 8.65. The minimum absolute atomic E-state index is 0.0746. The Labute approximate surface area is 141 Å². The van der Waals surface area contributed by atoms with E-state index in [1.165, 1.54) is 12.8 Å². The van der Waals surface area contributed by atoms with E-state index in [9.17, 15) is 9.59 Å². The number of aliphatic carboxylic acids is 1. The predicted molar refractivity (Wildman–Crippen MR) is 86.8 cm³/mol. The molecule has 1 heterocycles. The average molecular weight is 335 g/mol. The SMILES string of the molecule is CC(C)c1cc(C(=O)NC2CC(N(CC(=O)O)CC3CC3)C2)on1. The Morgan fingerprint density at radius 2 is 2.12 bits per heavy atom. The zero-order chi connectivity index (χ0) is 17.3. The highest BCUT2D eigenvalue weighted by Gasteiger charge is 2.38. The molecule has 2 fully saturated rings. The lowest BCUT2D eigenvalue weighted by Crippen LogP contribution is -2.55. The Kier molecular flexibility index (Phi) is 4.89. The van der Waals surface area contributed by atoms with Gasteiger partial charge in [-0.15, -0.1) is 0 Å². The molecule has 0 aliphatic heterocycles. The Balaban J connectivity index is 1.47. The predicted octanol–water partition coefficient (Wildman–Crippen LogP) is 1.86. The van der Waals surface area contributed by atoms with Gasteiger partial charge in [-0.1, -0.05) is 19.0 Å². The number of carbonyl (C=O) groups excluding carboxylic acids is 1. The van der Waals surface area contributed by atoms with E-state index < -0.39 is 5.97 Å². The number of hydrogen-bond donors (Lipinski definition) is 2. The first kappa shape index (κ1) is 17.0. The fraction of sp³-hybridized carbons (Fsp3) is 0.706. The van der Waals surface area contributed by atoms with E-state index in [0.29, 0.717) is 5.92 Å². The van der Waals surface area contributed by atoms with Crippen molar-refractivity contribution in [2.24, 2.45) is 5.92 Å². The van der Waals surface area contributed by atoms with Crippen LogP contribution >= 0.6 is 0 Å². The van der Waals surface area contributed by atoms with Crippen molar-refractivity contribution in [2.75, 3.05) is 13.1 Å². The lowest BCUT2D eigenvalue weighted by atomic mass is 9.85. The summed E-state index contributed by atoms with van der Waals surface area (Å²) in [5.74, 6) is 0.0791. The van der Waals surface area contributed by atoms with E-state index in [2.05, 4.69) is 10.5 Å². The first-order valence-corrected chi connectivity index (χ1v) is 8.65. The molecule has 7 heteroatoms. The molecule has 24 heavy (non-hydrogen) atoms. The molecule has 0 saturated heterocycles. The van der Waals surface area contributed by atoms with Gasteiger partial charge < -0.3 is 14.9 Å². The Morgan fingerprint density at radius 1 is 1.42 bits per heavy atom. The number of rotatable bonds is 8. The smallest absolute Gasteiger partial charge is 0.317 e. The maximum absolute atomic E-state index is 12.2. The number of nitrogens with zero attached hydrogens (tertiary/aromatic N) is 2. The van der Waals surface area contributed by atoms with Gasteiger partial charge in [-0.05, 0) is 37.5 Å². The van der Waals surface area contributed by atoms with Gasteiger partial charge in [-0.2, -0.15) is 0 Å². The van der Waals surface area contributed by atoms with Crippen LogP contribution in [0.1, 0.15) is 61.7 Å². The van der Waals surface area contributed by atoms with Crippen molar-refractivity contribution in [1.29, 1.82) is 0 Å². The van der Waals surface area contributed by atoms with Crippen LogP contribution in [0.25, 0.3) is 0 Å². The van der Waals surface area contributed by atoms with Crippen LogP contribution in [0.4, 0.5) is 0 Å². The van der Waals surface area contributed by atoms with Crippen LogP contribution in [0.3, 0.4) is 0 Å². The second kappa shape index (κ2) is 6.93. The number of carbonyl (C=O) groups is 2. The van der Waals surface area contributed by atoms with Crippen LogP contribution < -0.4 is 5.32 Å². The monoisotopic (exact) mass is 335 g/mol. The summed E-state index contributed by atoms with van der Waals surface area (Å²) in [7, 11) is 0. The number of carboxylic acids is 1. The van der Waals surface area contributed by atoms with Gasteiger partial charge in [0.05, 0.1) is 12.2 Å². The summed E-state index contributed by atoms with van der Waals surface area (Å²) in [5.41, 5.74) is 0.767. The van der Waals surface area contributed by atoms with Crippen molar-refractivity contribution in [3.8, 4) is 0 Å². The molecule has 2 saturated carbocycles. The maximum atomic E-state index is 12.2. The lowest BCUT2D eigenvalue weighted by molar-refractivity contribution is -0.139. The number of aromatic nitrogens is 1. The van der Waals surface area contributed by atoms with Crippen molar-refractivity contribution in [2.45, 2.75) is 57.5 Å². The molecule has 132 valence electrons. The average Bonchev–Trinajstić information content (AvgIpc) is 3.13. The first-order chi connectivity index (χ1) is 11.4. The zero-order valence-corrected chi connectivity index (χ0v) is 14.2. The van der Waals surface area contributed by atoms with Gasteiger partial charge in [0.2, 0.25) is 5.76 Å². The molecule has 1 aromatic rings. The van der Waals surface area contributed by atoms with E-state index in [1.807, 2.05) is 18.7 Å². The topological polar surface area (TPSA) is 95.7 Å². The van der Waals surface area contributed by atoms with Crippen molar-refractivity contribution in [1.82, 2.24) is 15.4 Å². The van der Waals surface area contributed by atoms with Gasteiger partial charge in [0.25, 0.3) is 5.91 Å². The Bertz CT molecular complexity index is 603. The molecule has 0 radical (unpaired) electrons. The van der Waals surface area contributed by atoms with E-state index in [1.54, 1.807) is 6.07 Å². The molecule has 0 bridgehead atoms. The summed E-state index contributed by atoms with van der Waals surface area (Å²) in [6, 6.07) is 2.00. The molecule has 7 nitrogen and oxygen atoms in total. The third-order valence-electron chi connectivity index (χ3n) is 4.84. The van der Waals surface area contributed by atoms with Crippen molar-refractivity contribution >= 4 is 11.9 Å². The minimum atomic E-state index is -0.786. The molecule has 1 aromatic heterocycles. The van der Waals surface area contributed by atoms with Crippen LogP contribution in [0.15, 0.2) is 10.6 Å². The molecular weight excluding hydrogens is 310 g/mol. The van der Waals surface area contributed by atoms with Crippen molar-refractivity contribution in [3.63, 3.8) is 0 Å². The lowest BCUT2D eigenvalue weighted by Gasteiger charge is -2.42. The molecule has 0 unspecified atom stereocenters. The zero-order valence-electron chi connectivity index (χ0n) is 14.2. The van der Waals surface area contributed by atoms with Crippen LogP contribution in [0, 0.1) is 5.92 Å². The van der Waals surface area contributed by atoms with E-state index in [0.717, 1.165) is 25.1 Å². The molecule has 2 N–H and O–H groups in total. The van der Waals surface area contributed by atoms with E-state index in [-0.39, 0.29) is 36.2 Å². The summed E-state index contributed by atoms with van der Waals surface area (Å²) < 4.78 is 5.09. The highest BCUT2D eigenvalue weighted by molar-refractivity contribution is 5.91. The molecule has 2 aliphatic rings. The van der Waals surface area contributed by atoms with Crippen molar-refractivity contribution < 1.29 is 19.2 Å². The van der Waals surface area contributed by atoms with E-state index >= 15 is 0 Å². The number of amides is 1. The summed E-state index contributed by atoms with van der Waals surface area (Å²) in [5, 5.41) is 15.9. The Morgan fingerprint density at radius 3 is 2.67 bits per heavy atom. The molecule has 2 aliphatic carbocycles. The molecular formula is C17H25N3O4. The fourth-order valence-corrected chi connectivity index (χ4v) is 3.08. The minimum Gasteiger partial charge on any atom is -0.480 e. The normalized spacial score (nSPS) is 23.3. The summed E-state index contributed by atoms with van der Waals surface area (Å²) in [4.78, 5) is 25.2. The van der Waals surface area contributed by atoms with Crippen LogP contribution in [-0.2, 0) is 4.79 Å². The van der Waals surface area contributed by atoms with Crippen molar-refractivity contribution in [3.05, 3.63) is 17.5 Å². The number of nitrogens with one attached hydrogen (secondary N) is 1. The van der Waals surface area contributed by atoms with Crippen LogP contribution in [0.2, 0.25) is 0 Å². The largest absolute Gasteiger partial charge is 0.480 e. The third-order valence-corrected chi connectivity index (χ3v) is 4.84. The molecule has 0 aromatic carbocycles. The van der Waals surface area contributed by atoms with Gasteiger partial charge >= 0.3 is 5.97 Å². The van der Waals surface area contributed by atoms with Gasteiger partial charge in [0, 0.05) is 24.7 Å². The molecule has 1 amide bonds. The second-order valence-electron chi connectivity index (χ2n) is 7.33. The fourth-order valence-electron chi connectivity index (χ4n) is 3.08. The van der Waals surface area contributed by atoms with Crippen LogP contribution in [-0.4, -0.2) is 52.2 Å². The number of carboxylic acid groups (broad SMARTS) is 1. The molecule has 0 atom stereocenters. The quantitative estimate of drug-likeness (QED) is 0.753. The van der Waals surface area contributed by atoms with Gasteiger partial charge in [0.15, 0.2) is 0 Å². The molecule has 3 rings (SSSR count). The summed E-state index contributed by atoms with van der Waals surface area (Å²) in [6.07, 6.45) is 3.98. The number of hydrogen-bond acceptors (Lipinski definition) is 5. The van der Waals surface area contributed by atoms with Gasteiger partial charge in [-0.3, -0.25) is 14.5 Å². The van der Waals surface area contributed by atoms with Crippen LogP contribution in [0.5, 0.6) is 0 Å².